The van der Waals surface area contributed by atoms with Crippen molar-refractivity contribution in [3.8, 4) is 0 Å². The third kappa shape index (κ3) is 1.52. The van der Waals surface area contributed by atoms with E-state index in [1.54, 1.807) is 23.1 Å². The molecule has 0 aliphatic rings. The van der Waals surface area contributed by atoms with Crippen molar-refractivity contribution < 1.29 is 0 Å². The number of hydrogen-bond donors (Lipinski definition) is 1. The Morgan fingerprint density at radius 3 is 2.92 bits per heavy atom. The first-order chi connectivity index (χ1) is 6.22. The quantitative estimate of drug-likeness (QED) is 0.752. The van der Waals surface area contributed by atoms with Gasteiger partial charge in [-0.2, -0.15) is 0 Å². The van der Waals surface area contributed by atoms with Crippen molar-refractivity contribution in [2.24, 2.45) is 0 Å². The van der Waals surface area contributed by atoms with Crippen molar-refractivity contribution in [2.75, 3.05) is 12.0 Å². The van der Waals surface area contributed by atoms with Gasteiger partial charge >= 0.3 is 0 Å². The largest absolute Gasteiger partial charge is 0.391 e. The highest BCUT2D eigenvalue weighted by Gasteiger charge is 2.07. The van der Waals surface area contributed by atoms with E-state index in [1.165, 1.54) is 10.1 Å². The van der Waals surface area contributed by atoms with Crippen LogP contribution in [-0.2, 0) is 0 Å². The van der Waals surface area contributed by atoms with E-state index in [2.05, 4.69) is 0 Å². The first-order valence-electron chi connectivity index (χ1n) is 3.74. The minimum atomic E-state index is 0.804. The maximum absolute atomic E-state index is 6.06. The number of thioether (sulfide) groups is 1. The van der Waals surface area contributed by atoms with Crippen LogP contribution in [0.25, 0.3) is 10.1 Å². The summed E-state index contributed by atoms with van der Waals surface area (Å²) in [7, 11) is 0. The number of benzene rings is 1. The highest BCUT2D eigenvalue weighted by Crippen LogP contribution is 2.38. The molecule has 1 heterocycles. The molecule has 4 heteroatoms. The van der Waals surface area contributed by atoms with Crippen LogP contribution < -0.4 is 5.73 Å². The van der Waals surface area contributed by atoms with Crippen molar-refractivity contribution >= 4 is 49.8 Å². The number of anilines is 1. The average molecular weight is 230 g/mol. The number of nitrogens with two attached hydrogens (primary N) is 1. The highest BCUT2D eigenvalue weighted by atomic mass is 35.5. The smallest absolute Gasteiger partial charge is 0.0869 e. The summed E-state index contributed by atoms with van der Waals surface area (Å²) >= 11 is 9.31. The van der Waals surface area contributed by atoms with E-state index in [0.29, 0.717) is 0 Å². The predicted octanol–water partition coefficient (Wildman–Crippen LogP) is 3.86. The lowest BCUT2D eigenvalue weighted by molar-refractivity contribution is 1.57. The molecule has 68 valence electrons. The van der Waals surface area contributed by atoms with Gasteiger partial charge in [0, 0.05) is 15.0 Å². The van der Waals surface area contributed by atoms with Crippen LogP contribution in [0, 0.1) is 0 Å². The number of fused-ring (bicyclic) bond motifs is 1. The molecule has 2 rings (SSSR count). The number of nitrogen functional groups attached to an aromatic ring is 1. The minimum absolute atomic E-state index is 0.804. The van der Waals surface area contributed by atoms with Gasteiger partial charge < -0.3 is 5.73 Å². The van der Waals surface area contributed by atoms with E-state index in [1.807, 2.05) is 24.5 Å². The van der Waals surface area contributed by atoms with Crippen molar-refractivity contribution in [3.63, 3.8) is 0 Å². The molecule has 0 unspecified atom stereocenters. The van der Waals surface area contributed by atoms with Crippen molar-refractivity contribution in [1.82, 2.24) is 0 Å². The zero-order valence-corrected chi connectivity index (χ0v) is 9.39. The molecular formula is C9H8ClNS2. The average Bonchev–Trinajstić information content (AvgIpc) is 2.45. The summed E-state index contributed by atoms with van der Waals surface area (Å²) in [6, 6.07) is 5.92. The van der Waals surface area contributed by atoms with Gasteiger partial charge in [0.1, 0.15) is 0 Å². The third-order valence-corrected chi connectivity index (χ3v) is 4.03. The molecule has 0 saturated carbocycles. The Hall–Kier alpha value is -0.380. The van der Waals surface area contributed by atoms with Crippen LogP contribution in [0.4, 0.5) is 5.00 Å². The van der Waals surface area contributed by atoms with Gasteiger partial charge in [0.25, 0.3) is 0 Å². The molecule has 0 saturated heterocycles. The van der Waals surface area contributed by atoms with Gasteiger partial charge in [0.15, 0.2) is 0 Å². The fourth-order valence-electron chi connectivity index (χ4n) is 1.29. The molecule has 1 nitrogen and oxygen atoms in total. The summed E-state index contributed by atoms with van der Waals surface area (Å²) in [5.41, 5.74) is 5.73. The van der Waals surface area contributed by atoms with Gasteiger partial charge in [-0.3, -0.25) is 0 Å². The van der Waals surface area contributed by atoms with E-state index in [-0.39, 0.29) is 0 Å². The van der Waals surface area contributed by atoms with Gasteiger partial charge in [0.05, 0.1) is 10.0 Å². The van der Waals surface area contributed by atoms with Crippen LogP contribution in [0.5, 0.6) is 0 Å². The van der Waals surface area contributed by atoms with Crippen LogP contribution in [0.1, 0.15) is 0 Å². The SMILES string of the molecule is CSc1c(Cl)ccc2sc(N)cc12. The lowest BCUT2D eigenvalue weighted by atomic mass is 10.2. The van der Waals surface area contributed by atoms with Gasteiger partial charge in [0.2, 0.25) is 0 Å². The van der Waals surface area contributed by atoms with Crippen LogP contribution in [-0.4, -0.2) is 6.26 Å². The summed E-state index contributed by atoms with van der Waals surface area (Å²) in [6.07, 6.45) is 2.02. The van der Waals surface area contributed by atoms with Crippen molar-refractivity contribution in [2.45, 2.75) is 4.90 Å². The highest BCUT2D eigenvalue weighted by molar-refractivity contribution is 7.99. The lowest BCUT2D eigenvalue weighted by Gasteiger charge is -2.00. The first kappa shape index (κ1) is 9.19. The molecule has 0 radical (unpaired) electrons. The Balaban J connectivity index is 2.82. The molecule has 0 aliphatic carbocycles. The maximum Gasteiger partial charge on any atom is 0.0869 e. The Kier molecular flexibility index (Phi) is 2.41. The number of rotatable bonds is 1. The maximum atomic E-state index is 6.06. The molecule has 0 fully saturated rings. The monoisotopic (exact) mass is 229 g/mol. The van der Waals surface area contributed by atoms with Gasteiger partial charge in [-0.25, -0.2) is 0 Å². The zero-order valence-electron chi connectivity index (χ0n) is 7.00. The van der Waals surface area contributed by atoms with Crippen LogP contribution >= 0.6 is 34.7 Å². The molecule has 13 heavy (non-hydrogen) atoms. The van der Waals surface area contributed by atoms with Crippen molar-refractivity contribution in [1.29, 1.82) is 0 Å². The standard InChI is InChI=1S/C9H8ClNS2/c1-12-9-5-4-8(11)13-7(5)3-2-6(9)10/h2-4H,11H2,1H3. The number of thiophene rings is 1. The predicted molar refractivity (Wildman–Crippen MR) is 63.0 cm³/mol. The topological polar surface area (TPSA) is 26.0 Å². The Bertz CT molecular complexity index is 450. The van der Waals surface area contributed by atoms with Crippen LogP contribution in [0.15, 0.2) is 23.1 Å². The van der Waals surface area contributed by atoms with Crippen molar-refractivity contribution in [3.05, 3.63) is 23.2 Å². The molecule has 2 N–H and O–H groups in total. The summed E-state index contributed by atoms with van der Waals surface area (Å²) in [5.74, 6) is 0. The molecule has 2 aromatic rings. The van der Waals surface area contributed by atoms with Gasteiger partial charge in [-0.1, -0.05) is 11.6 Å². The van der Waals surface area contributed by atoms with Crippen LogP contribution in [0.2, 0.25) is 5.02 Å². The molecule has 0 amide bonds. The third-order valence-electron chi connectivity index (χ3n) is 1.83. The lowest BCUT2D eigenvalue weighted by Crippen LogP contribution is -1.75. The molecule has 0 spiro atoms. The molecule has 1 aromatic heterocycles. The molecule has 0 aliphatic heterocycles. The fourth-order valence-corrected chi connectivity index (χ4v) is 3.24. The molecule has 0 bridgehead atoms. The summed E-state index contributed by atoms with van der Waals surface area (Å²) < 4.78 is 1.20. The number of halogens is 1. The summed E-state index contributed by atoms with van der Waals surface area (Å²) in [6.45, 7) is 0. The fraction of sp³-hybridized carbons (Fsp3) is 0.111. The van der Waals surface area contributed by atoms with Gasteiger partial charge in [-0.05, 0) is 24.5 Å². The first-order valence-corrected chi connectivity index (χ1v) is 6.16. The van der Waals surface area contributed by atoms with E-state index >= 15 is 0 Å². The molecule has 1 aromatic carbocycles. The number of hydrogen-bond acceptors (Lipinski definition) is 3. The van der Waals surface area contributed by atoms with E-state index in [0.717, 1.165) is 14.9 Å². The second kappa shape index (κ2) is 3.40. The van der Waals surface area contributed by atoms with E-state index in [9.17, 15) is 0 Å². The second-order valence-electron chi connectivity index (χ2n) is 2.64. The minimum Gasteiger partial charge on any atom is -0.391 e. The Morgan fingerprint density at radius 2 is 2.23 bits per heavy atom. The summed E-state index contributed by atoms with van der Waals surface area (Å²) in [5, 5.41) is 2.81. The normalized spacial score (nSPS) is 10.9. The van der Waals surface area contributed by atoms with Gasteiger partial charge in [-0.15, -0.1) is 23.1 Å². The molecular weight excluding hydrogens is 222 g/mol. The summed E-state index contributed by atoms with van der Waals surface area (Å²) in [4.78, 5) is 1.12. The van der Waals surface area contributed by atoms with E-state index in [4.69, 9.17) is 17.3 Å². The Morgan fingerprint density at radius 1 is 1.46 bits per heavy atom. The Labute approximate surface area is 89.9 Å². The van der Waals surface area contributed by atoms with E-state index < -0.39 is 0 Å². The molecule has 0 atom stereocenters. The van der Waals surface area contributed by atoms with Crippen LogP contribution in [0.3, 0.4) is 0 Å². The second-order valence-corrected chi connectivity index (χ2v) is 4.98. The zero-order chi connectivity index (χ0) is 9.42.